The van der Waals surface area contributed by atoms with E-state index < -0.39 is 5.60 Å². The third kappa shape index (κ3) is 2.45. The molecule has 0 saturated heterocycles. The number of benzene rings is 1. The summed E-state index contributed by atoms with van der Waals surface area (Å²) in [6, 6.07) is 10.1. The number of fused-ring (bicyclic) bond motifs is 1. The molecule has 2 aromatic rings. The van der Waals surface area contributed by atoms with Crippen LogP contribution in [0, 0.1) is 0 Å². The molecule has 3 heteroatoms. The number of thiophene rings is 1. The second-order valence-corrected chi connectivity index (χ2v) is 7.08. The normalized spacial score (nSPS) is 17.8. The highest BCUT2D eigenvalue weighted by molar-refractivity contribution is 7.16. The van der Waals surface area contributed by atoms with Crippen molar-refractivity contribution in [3.05, 3.63) is 56.2 Å². The predicted octanol–water partition coefficient (Wildman–Crippen LogP) is 4.54. The zero-order chi connectivity index (χ0) is 13.5. The van der Waals surface area contributed by atoms with E-state index in [0.717, 1.165) is 16.9 Å². The Balaban J connectivity index is 2.01. The molecule has 1 atom stereocenters. The summed E-state index contributed by atoms with van der Waals surface area (Å²) in [4.78, 5) is 0.897. The molecule has 1 aliphatic carbocycles. The number of halogens is 1. The fourth-order valence-corrected chi connectivity index (χ4v) is 3.87. The monoisotopic (exact) mass is 292 g/mol. The lowest BCUT2D eigenvalue weighted by atomic mass is 9.86. The van der Waals surface area contributed by atoms with Crippen LogP contribution < -0.4 is 0 Å². The molecule has 1 nitrogen and oxygen atoms in total. The summed E-state index contributed by atoms with van der Waals surface area (Å²) < 4.78 is 0.716. The highest BCUT2D eigenvalue weighted by atomic mass is 35.5. The minimum Gasteiger partial charge on any atom is -0.380 e. The molecule has 100 valence electrons. The Bertz CT molecular complexity index is 601. The van der Waals surface area contributed by atoms with Crippen molar-refractivity contribution in [1.29, 1.82) is 0 Å². The number of hydrogen-bond acceptors (Lipinski definition) is 2. The van der Waals surface area contributed by atoms with Crippen LogP contribution in [-0.2, 0) is 18.4 Å². The summed E-state index contributed by atoms with van der Waals surface area (Å²) in [5, 5.41) is 10.8. The second-order valence-electron chi connectivity index (χ2n) is 5.37. The molecular weight excluding hydrogens is 276 g/mol. The highest BCUT2D eigenvalue weighted by Crippen LogP contribution is 2.37. The van der Waals surface area contributed by atoms with Crippen LogP contribution in [0.25, 0.3) is 0 Å². The van der Waals surface area contributed by atoms with E-state index in [-0.39, 0.29) is 0 Å². The van der Waals surface area contributed by atoms with Gasteiger partial charge >= 0.3 is 0 Å². The molecule has 1 heterocycles. The Hall–Kier alpha value is -0.830. The van der Waals surface area contributed by atoms with Crippen molar-refractivity contribution in [2.45, 2.75) is 38.2 Å². The first-order valence-electron chi connectivity index (χ1n) is 6.68. The Kier molecular flexibility index (Phi) is 3.42. The first kappa shape index (κ1) is 13.2. The summed E-state index contributed by atoms with van der Waals surface area (Å²) in [6.45, 7) is 1.85. The lowest BCUT2D eigenvalue weighted by Gasteiger charge is -2.25. The van der Waals surface area contributed by atoms with E-state index >= 15 is 0 Å². The van der Waals surface area contributed by atoms with Gasteiger partial charge in [0.2, 0.25) is 0 Å². The van der Waals surface area contributed by atoms with Crippen molar-refractivity contribution < 1.29 is 5.11 Å². The van der Waals surface area contributed by atoms with Crippen molar-refractivity contribution >= 4 is 22.9 Å². The molecule has 0 amide bonds. The molecule has 1 N–H and O–H groups in total. The fraction of sp³-hybridized carbons (Fsp3) is 0.375. The van der Waals surface area contributed by atoms with Gasteiger partial charge in [0.1, 0.15) is 5.60 Å². The second kappa shape index (κ2) is 4.93. The van der Waals surface area contributed by atoms with Gasteiger partial charge < -0.3 is 5.11 Å². The van der Waals surface area contributed by atoms with Gasteiger partial charge in [-0.1, -0.05) is 29.8 Å². The van der Waals surface area contributed by atoms with E-state index in [1.807, 2.05) is 19.1 Å². The van der Waals surface area contributed by atoms with E-state index in [4.69, 9.17) is 11.6 Å². The zero-order valence-corrected chi connectivity index (χ0v) is 12.5. The lowest BCUT2D eigenvalue weighted by molar-refractivity contribution is 0.106. The van der Waals surface area contributed by atoms with Crippen LogP contribution in [0.5, 0.6) is 0 Å². The number of aryl methyl sites for hydroxylation is 2. The van der Waals surface area contributed by atoms with E-state index in [9.17, 15) is 5.11 Å². The molecule has 0 saturated carbocycles. The topological polar surface area (TPSA) is 20.2 Å². The van der Waals surface area contributed by atoms with Gasteiger partial charge in [-0.15, -0.1) is 11.3 Å². The molecule has 1 aromatic carbocycles. The van der Waals surface area contributed by atoms with Gasteiger partial charge in [0.25, 0.3) is 0 Å². The van der Waals surface area contributed by atoms with Crippen LogP contribution in [0.1, 0.15) is 41.3 Å². The van der Waals surface area contributed by atoms with Crippen LogP contribution in [0.2, 0.25) is 4.34 Å². The maximum Gasteiger partial charge on any atom is 0.121 e. The Morgan fingerprint density at radius 2 is 1.84 bits per heavy atom. The standard InChI is InChI=1S/C16H17ClOS/c1-16(18,14-8-9-15(17)19-14)13-7-6-11-4-2-3-5-12(11)10-13/h6-10,18H,2-5H2,1H3. The van der Waals surface area contributed by atoms with Crippen LogP contribution in [0.4, 0.5) is 0 Å². The Labute approximate surface area is 122 Å². The third-order valence-corrected chi connectivity index (χ3v) is 5.41. The van der Waals surface area contributed by atoms with Crippen molar-refractivity contribution in [2.24, 2.45) is 0 Å². The molecule has 0 aliphatic heterocycles. The summed E-state index contributed by atoms with van der Waals surface area (Å²) in [6.07, 6.45) is 4.83. The first-order valence-corrected chi connectivity index (χ1v) is 7.87. The summed E-state index contributed by atoms with van der Waals surface area (Å²) in [7, 11) is 0. The van der Waals surface area contributed by atoms with Gasteiger partial charge in [-0.2, -0.15) is 0 Å². The van der Waals surface area contributed by atoms with Crippen LogP contribution in [0.15, 0.2) is 30.3 Å². The van der Waals surface area contributed by atoms with Crippen molar-refractivity contribution in [3.8, 4) is 0 Å². The lowest BCUT2D eigenvalue weighted by Crippen LogP contribution is -2.22. The first-order chi connectivity index (χ1) is 9.07. The van der Waals surface area contributed by atoms with Crippen LogP contribution >= 0.6 is 22.9 Å². The maximum absolute atomic E-state index is 10.8. The molecule has 0 fully saturated rings. The van der Waals surface area contributed by atoms with Crippen LogP contribution in [-0.4, -0.2) is 5.11 Å². The predicted molar refractivity (Wildman–Crippen MR) is 81.1 cm³/mol. The zero-order valence-electron chi connectivity index (χ0n) is 10.9. The van der Waals surface area contributed by atoms with Crippen molar-refractivity contribution in [3.63, 3.8) is 0 Å². The largest absolute Gasteiger partial charge is 0.380 e. The minimum atomic E-state index is -0.954. The van der Waals surface area contributed by atoms with Crippen LogP contribution in [0.3, 0.4) is 0 Å². The van der Waals surface area contributed by atoms with Gasteiger partial charge in [0.15, 0.2) is 0 Å². The SMILES string of the molecule is CC(O)(c1ccc2c(c1)CCCC2)c1ccc(Cl)s1. The third-order valence-electron chi connectivity index (χ3n) is 3.96. The fourth-order valence-electron chi connectivity index (χ4n) is 2.75. The quantitative estimate of drug-likeness (QED) is 0.862. The molecule has 1 aromatic heterocycles. The van der Waals surface area contributed by atoms with E-state index in [1.54, 1.807) is 0 Å². The van der Waals surface area contributed by atoms with Gasteiger partial charge in [-0.3, -0.25) is 0 Å². The van der Waals surface area contributed by atoms with E-state index in [1.165, 1.54) is 41.7 Å². The summed E-state index contributed by atoms with van der Waals surface area (Å²) in [5.41, 5.74) is 2.85. The average molecular weight is 293 g/mol. The van der Waals surface area contributed by atoms with E-state index in [2.05, 4.69) is 18.2 Å². The highest BCUT2D eigenvalue weighted by Gasteiger charge is 2.28. The Morgan fingerprint density at radius 1 is 1.11 bits per heavy atom. The number of rotatable bonds is 2. The van der Waals surface area contributed by atoms with Crippen molar-refractivity contribution in [1.82, 2.24) is 0 Å². The minimum absolute atomic E-state index is 0.716. The van der Waals surface area contributed by atoms with Crippen molar-refractivity contribution in [2.75, 3.05) is 0 Å². The molecule has 3 rings (SSSR count). The van der Waals surface area contributed by atoms with Gasteiger partial charge in [-0.25, -0.2) is 0 Å². The summed E-state index contributed by atoms with van der Waals surface area (Å²) >= 11 is 7.42. The van der Waals surface area contributed by atoms with Gasteiger partial charge in [0, 0.05) is 4.88 Å². The number of hydrogen-bond donors (Lipinski definition) is 1. The number of aliphatic hydroxyl groups is 1. The molecule has 19 heavy (non-hydrogen) atoms. The molecular formula is C16H17ClOS. The molecule has 0 bridgehead atoms. The molecule has 1 aliphatic rings. The molecule has 1 unspecified atom stereocenters. The van der Waals surface area contributed by atoms with Gasteiger partial charge in [-0.05, 0) is 61.4 Å². The summed E-state index contributed by atoms with van der Waals surface area (Å²) in [5.74, 6) is 0. The molecule has 0 radical (unpaired) electrons. The smallest absolute Gasteiger partial charge is 0.121 e. The Morgan fingerprint density at radius 3 is 2.53 bits per heavy atom. The van der Waals surface area contributed by atoms with E-state index in [0.29, 0.717) is 4.34 Å². The van der Waals surface area contributed by atoms with Gasteiger partial charge in [0.05, 0.1) is 4.34 Å². The molecule has 0 spiro atoms. The maximum atomic E-state index is 10.8. The average Bonchev–Trinajstić information content (AvgIpc) is 2.85.